The Bertz CT molecular complexity index is 502. The van der Waals surface area contributed by atoms with Gasteiger partial charge in [-0.25, -0.2) is 19.2 Å². The third kappa shape index (κ3) is 6.38. The highest BCUT2D eigenvalue weighted by atomic mass is 16.6. The van der Waals surface area contributed by atoms with Gasteiger partial charge in [-0.1, -0.05) is 13.2 Å². The molecule has 0 saturated carbocycles. The topological polar surface area (TPSA) is 114 Å². The van der Waals surface area contributed by atoms with Crippen LogP contribution in [0.5, 0.6) is 0 Å². The van der Waals surface area contributed by atoms with Gasteiger partial charge in [0.2, 0.25) is 0 Å². The summed E-state index contributed by atoms with van der Waals surface area (Å²) in [5.74, 6) is -3.90. The molecule has 0 aromatic heterocycles. The molecule has 2 atom stereocenters. The highest BCUT2D eigenvalue weighted by Gasteiger charge is 2.38. The predicted octanol–water partition coefficient (Wildman–Crippen LogP) is 0.325. The van der Waals surface area contributed by atoms with Gasteiger partial charge in [0.1, 0.15) is 0 Å². The number of ether oxygens (including phenoxy) is 5. The summed E-state index contributed by atoms with van der Waals surface area (Å²) in [6.45, 7) is 9.86. The first kappa shape index (κ1) is 22.3. The quantitative estimate of drug-likeness (QED) is 0.309. The Morgan fingerprint density at radius 2 is 1.08 bits per heavy atom. The molecular formula is C16H22O9. The summed E-state index contributed by atoms with van der Waals surface area (Å²) in [5, 5.41) is 0. The maximum absolute atomic E-state index is 12.1. The average molecular weight is 358 g/mol. The van der Waals surface area contributed by atoms with Crippen LogP contribution >= 0.6 is 0 Å². The van der Waals surface area contributed by atoms with E-state index >= 15 is 0 Å². The predicted molar refractivity (Wildman–Crippen MR) is 84.2 cm³/mol. The molecule has 0 fully saturated rings. The van der Waals surface area contributed by atoms with Gasteiger partial charge in [-0.3, -0.25) is 0 Å². The van der Waals surface area contributed by atoms with E-state index in [4.69, 9.17) is 14.2 Å². The highest BCUT2D eigenvalue weighted by Crippen LogP contribution is 2.18. The fourth-order valence-electron chi connectivity index (χ4n) is 1.61. The summed E-state index contributed by atoms with van der Waals surface area (Å²) in [4.78, 5) is 47.5. The minimum Gasteiger partial charge on any atom is -0.466 e. The number of methoxy groups -OCH3 is 2. The number of hydrogen-bond acceptors (Lipinski definition) is 9. The van der Waals surface area contributed by atoms with Crippen molar-refractivity contribution in [3.8, 4) is 0 Å². The Balaban J connectivity index is 5.70. The zero-order chi connectivity index (χ0) is 19.6. The van der Waals surface area contributed by atoms with E-state index in [-0.39, 0.29) is 13.2 Å². The molecule has 0 bridgehead atoms. The Morgan fingerprint density at radius 1 is 0.760 bits per heavy atom. The molecule has 0 radical (unpaired) electrons. The molecule has 140 valence electrons. The molecule has 0 spiro atoms. The summed E-state index contributed by atoms with van der Waals surface area (Å²) in [6, 6.07) is 0. The number of rotatable bonds is 10. The third-order valence-electron chi connectivity index (χ3n) is 2.80. The van der Waals surface area contributed by atoms with Crippen LogP contribution in [-0.2, 0) is 42.9 Å². The van der Waals surface area contributed by atoms with E-state index in [9.17, 15) is 19.2 Å². The first-order valence-electron chi connectivity index (χ1n) is 7.27. The maximum Gasteiger partial charge on any atom is 0.340 e. The van der Waals surface area contributed by atoms with E-state index in [1.807, 2.05) is 0 Å². The number of carbonyl (C=O) groups excluding carboxylic acids is 4. The van der Waals surface area contributed by atoms with E-state index in [0.29, 0.717) is 0 Å². The van der Waals surface area contributed by atoms with Crippen LogP contribution in [0.25, 0.3) is 0 Å². The zero-order valence-electron chi connectivity index (χ0n) is 14.7. The molecular weight excluding hydrogens is 336 g/mol. The second-order valence-corrected chi connectivity index (χ2v) is 4.43. The van der Waals surface area contributed by atoms with Crippen LogP contribution in [0.1, 0.15) is 13.8 Å². The SMILES string of the molecule is C=C(C(=O)OC)C(OC(C(=C)C(=O)OC)C(=O)OCC)C(=O)OCC. The molecule has 9 heteroatoms. The first-order valence-corrected chi connectivity index (χ1v) is 7.27. The molecule has 0 rings (SSSR count). The second-order valence-electron chi connectivity index (χ2n) is 4.43. The van der Waals surface area contributed by atoms with Gasteiger partial charge < -0.3 is 23.7 Å². The lowest BCUT2D eigenvalue weighted by atomic mass is 10.1. The molecule has 9 nitrogen and oxygen atoms in total. The van der Waals surface area contributed by atoms with Gasteiger partial charge in [0.25, 0.3) is 0 Å². The first-order chi connectivity index (χ1) is 11.7. The number of esters is 4. The number of hydrogen-bond donors (Lipinski definition) is 0. The minimum atomic E-state index is -1.71. The van der Waals surface area contributed by atoms with Crippen molar-refractivity contribution in [1.29, 1.82) is 0 Å². The molecule has 0 aliphatic carbocycles. The summed E-state index contributed by atoms with van der Waals surface area (Å²) >= 11 is 0. The normalized spacial score (nSPS) is 12.3. The molecule has 0 aliphatic rings. The van der Waals surface area contributed by atoms with E-state index < -0.39 is 47.2 Å². The highest BCUT2D eigenvalue weighted by molar-refractivity contribution is 5.98. The van der Waals surface area contributed by atoms with Gasteiger partial charge in [0, 0.05) is 0 Å². The molecule has 0 aliphatic heterocycles. The standard InChI is InChI=1S/C16H22O9/c1-7-23-15(19)11(9(3)13(17)21-5)25-12(16(20)24-8-2)10(4)14(18)22-6/h11-12H,3-4,7-8H2,1-2,5-6H3. The van der Waals surface area contributed by atoms with Crippen LogP contribution < -0.4 is 0 Å². The van der Waals surface area contributed by atoms with Crippen molar-refractivity contribution < 1.29 is 42.9 Å². The molecule has 0 amide bonds. The Kier molecular flexibility index (Phi) is 9.80. The van der Waals surface area contributed by atoms with Crippen molar-refractivity contribution in [1.82, 2.24) is 0 Å². The van der Waals surface area contributed by atoms with Gasteiger partial charge in [0.15, 0.2) is 12.2 Å². The van der Waals surface area contributed by atoms with Gasteiger partial charge in [-0.2, -0.15) is 0 Å². The van der Waals surface area contributed by atoms with Crippen LogP contribution in [0.2, 0.25) is 0 Å². The van der Waals surface area contributed by atoms with Crippen LogP contribution in [0.3, 0.4) is 0 Å². The summed E-state index contributed by atoms with van der Waals surface area (Å²) in [6.07, 6.45) is -3.41. The zero-order valence-corrected chi connectivity index (χ0v) is 14.7. The van der Waals surface area contributed by atoms with Gasteiger partial charge in [-0.15, -0.1) is 0 Å². The van der Waals surface area contributed by atoms with E-state index in [2.05, 4.69) is 22.6 Å². The lowest BCUT2D eigenvalue weighted by Gasteiger charge is -2.23. The lowest BCUT2D eigenvalue weighted by molar-refractivity contribution is -0.170. The molecule has 0 heterocycles. The summed E-state index contributed by atoms with van der Waals surface area (Å²) in [5.41, 5.74) is -0.846. The molecule has 2 unspecified atom stereocenters. The van der Waals surface area contributed by atoms with Crippen LogP contribution in [0.15, 0.2) is 24.3 Å². The molecule has 25 heavy (non-hydrogen) atoms. The summed E-state index contributed by atoms with van der Waals surface area (Å²) < 4.78 is 23.9. The van der Waals surface area contributed by atoms with Crippen molar-refractivity contribution in [3.05, 3.63) is 24.3 Å². The maximum atomic E-state index is 12.1. The monoisotopic (exact) mass is 358 g/mol. The molecule has 0 N–H and O–H groups in total. The van der Waals surface area contributed by atoms with Crippen molar-refractivity contribution in [2.24, 2.45) is 0 Å². The average Bonchev–Trinajstić information content (AvgIpc) is 2.60. The Morgan fingerprint density at radius 3 is 1.32 bits per heavy atom. The Labute approximate surface area is 145 Å². The van der Waals surface area contributed by atoms with Crippen LogP contribution in [0, 0.1) is 0 Å². The second kappa shape index (κ2) is 11.0. The van der Waals surface area contributed by atoms with Crippen molar-refractivity contribution in [3.63, 3.8) is 0 Å². The van der Waals surface area contributed by atoms with E-state index in [1.165, 1.54) is 13.8 Å². The van der Waals surface area contributed by atoms with Gasteiger partial charge in [0.05, 0.1) is 38.6 Å². The molecule has 0 aromatic rings. The molecule has 0 saturated heterocycles. The van der Waals surface area contributed by atoms with Crippen molar-refractivity contribution in [2.45, 2.75) is 26.1 Å². The van der Waals surface area contributed by atoms with Crippen LogP contribution in [-0.4, -0.2) is 63.5 Å². The van der Waals surface area contributed by atoms with Crippen molar-refractivity contribution >= 4 is 23.9 Å². The molecule has 0 aromatic carbocycles. The smallest absolute Gasteiger partial charge is 0.340 e. The lowest BCUT2D eigenvalue weighted by Crippen LogP contribution is -2.41. The van der Waals surface area contributed by atoms with E-state index in [0.717, 1.165) is 14.2 Å². The fraction of sp³-hybridized carbons (Fsp3) is 0.500. The van der Waals surface area contributed by atoms with Gasteiger partial charge in [-0.05, 0) is 13.8 Å². The third-order valence-corrected chi connectivity index (χ3v) is 2.80. The van der Waals surface area contributed by atoms with Crippen LogP contribution in [0.4, 0.5) is 0 Å². The largest absolute Gasteiger partial charge is 0.466 e. The number of carbonyl (C=O) groups is 4. The summed E-state index contributed by atoms with van der Waals surface area (Å²) in [7, 11) is 2.15. The minimum absolute atomic E-state index is 0.0187. The van der Waals surface area contributed by atoms with E-state index in [1.54, 1.807) is 0 Å². The van der Waals surface area contributed by atoms with Crippen molar-refractivity contribution in [2.75, 3.05) is 27.4 Å². The fourth-order valence-corrected chi connectivity index (χ4v) is 1.61. The van der Waals surface area contributed by atoms with Gasteiger partial charge >= 0.3 is 23.9 Å². The Hall–Kier alpha value is -2.68.